The number of carbonyl (C=O) groups excluding carboxylic acids is 1. The Hall–Kier alpha value is -4.40. The number of thiazole rings is 1. The first-order chi connectivity index (χ1) is 20.9. The van der Waals surface area contributed by atoms with Crippen LogP contribution < -0.4 is 19.6 Å². The van der Waals surface area contributed by atoms with Gasteiger partial charge in [-0.1, -0.05) is 65.4 Å². The minimum Gasteiger partial charge on any atom is -0.494 e. The Morgan fingerprint density at radius 1 is 1.05 bits per heavy atom. The molecule has 1 aliphatic rings. The third-order valence-electron chi connectivity index (χ3n) is 7.37. The number of hydrogen-bond donors (Lipinski definition) is 0. The Kier molecular flexibility index (Phi) is 8.06. The predicted octanol–water partition coefficient (Wildman–Crippen LogP) is 5.85. The van der Waals surface area contributed by atoms with Crippen LogP contribution in [0.25, 0.3) is 17.0 Å². The van der Waals surface area contributed by atoms with Crippen molar-refractivity contribution < 1.29 is 14.3 Å². The van der Waals surface area contributed by atoms with E-state index in [1.54, 1.807) is 18.4 Å². The normalized spacial score (nSPS) is 15.0. The van der Waals surface area contributed by atoms with Gasteiger partial charge < -0.3 is 14.0 Å². The van der Waals surface area contributed by atoms with Gasteiger partial charge in [-0.3, -0.25) is 9.36 Å². The molecule has 3 heterocycles. The zero-order valence-corrected chi connectivity index (χ0v) is 25.6. The van der Waals surface area contributed by atoms with Crippen molar-refractivity contribution in [3.63, 3.8) is 0 Å². The van der Waals surface area contributed by atoms with Crippen LogP contribution in [0.15, 0.2) is 100 Å². The van der Waals surface area contributed by atoms with Gasteiger partial charge in [-0.25, -0.2) is 9.79 Å². The van der Waals surface area contributed by atoms with Crippen molar-refractivity contribution in [2.75, 3.05) is 13.2 Å². The molecule has 0 spiro atoms. The summed E-state index contributed by atoms with van der Waals surface area (Å²) in [7, 11) is 0. The number of aromatic nitrogens is 2. The van der Waals surface area contributed by atoms with E-state index in [-0.39, 0.29) is 12.2 Å². The molecule has 1 atom stereocenters. The van der Waals surface area contributed by atoms with Gasteiger partial charge in [0.2, 0.25) is 0 Å². The molecular weight excluding hydrogens is 582 g/mol. The van der Waals surface area contributed by atoms with Crippen LogP contribution in [-0.4, -0.2) is 28.3 Å². The van der Waals surface area contributed by atoms with E-state index in [1.807, 2.05) is 73.7 Å². The summed E-state index contributed by atoms with van der Waals surface area (Å²) in [6.07, 6.45) is 3.97. The minimum absolute atomic E-state index is 0.218. The van der Waals surface area contributed by atoms with E-state index < -0.39 is 12.0 Å². The highest BCUT2D eigenvalue weighted by atomic mass is 35.5. The zero-order chi connectivity index (χ0) is 30.1. The maximum absolute atomic E-state index is 14.1. The second-order valence-corrected chi connectivity index (χ2v) is 11.6. The van der Waals surface area contributed by atoms with Gasteiger partial charge >= 0.3 is 5.97 Å². The molecule has 2 aromatic heterocycles. The summed E-state index contributed by atoms with van der Waals surface area (Å²) in [5.41, 5.74) is 4.48. The Balaban J connectivity index is 1.49. The third kappa shape index (κ3) is 5.56. The van der Waals surface area contributed by atoms with Gasteiger partial charge in [0.05, 0.1) is 35.1 Å². The highest BCUT2D eigenvalue weighted by molar-refractivity contribution is 7.07. The van der Waals surface area contributed by atoms with Gasteiger partial charge in [0.25, 0.3) is 5.56 Å². The first kappa shape index (κ1) is 28.7. The van der Waals surface area contributed by atoms with Gasteiger partial charge in [0, 0.05) is 34.2 Å². The van der Waals surface area contributed by atoms with Gasteiger partial charge in [0.1, 0.15) is 5.75 Å². The molecule has 43 heavy (non-hydrogen) atoms. The topological polar surface area (TPSA) is 74.8 Å². The average Bonchev–Trinajstić information content (AvgIpc) is 3.49. The number of fused-ring (bicyclic) bond motifs is 2. The maximum atomic E-state index is 14.1. The first-order valence-electron chi connectivity index (χ1n) is 14.1. The minimum atomic E-state index is -0.683. The zero-order valence-electron chi connectivity index (χ0n) is 24.0. The highest BCUT2D eigenvalue weighted by Gasteiger charge is 2.33. The standard InChI is InChI=1S/C34H30ClN3O4S/c1-4-41-26-15-13-23(14-16-26)31-30(33(40)42-5-2)21(3)36-34-38(31)32(39)29(43-34)18-24-20-37(28-12-7-6-11-27(24)28)19-22-9-8-10-25(35)17-22/h6-18,20,31H,4-5,19H2,1-3H3/b29-18-/t31-/m1/s1. The lowest BCUT2D eigenvalue weighted by atomic mass is 9.96. The fourth-order valence-corrected chi connectivity index (χ4v) is 6.76. The maximum Gasteiger partial charge on any atom is 0.338 e. The number of halogens is 1. The van der Waals surface area contributed by atoms with Gasteiger partial charge in [0.15, 0.2) is 4.80 Å². The lowest BCUT2D eigenvalue weighted by Gasteiger charge is -2.24. The molecule has 6 rings (SSSR count). The molecule has 9 heteroatoms. The van der Waals surface area contributed by atoms with E-state index in [4.69, 9.17) is 26.1 Å². The SMILES string of the molecule is CCOC(=O)C1=C(C)N=c2s/c(=C\c3cn(Cc4cccc(Cl)c4)c4ccccc34)c(=O)n2[C@@H]1c1ccc(OCC)cc1. The van der Waals surface area contributed by atoms with Gasteiger partial charge in [-0.05, 0) is 68.3 Å². The number of ether oxygens (including phenoxy) is 2. The van der Waals surface area contributed by atoms with Crippen LogP contribution in [0.3, 0.4) is 0 Å². The Bertz CT molecular complexity index is 2050. The van der Waals surface area contributed by atoms with E-state index >= 15 is 0 Å². The van der Waals surface area contributed by atoms with E-state index in [9.17, 15) is 9.59 Å². The summed E-state index contributed by atoms with van der Waals surface area (Å²) < 4.78 is 15.3. The molecule has 0 bridgehead atoms. The number of para-hydroxylation sites is 1. The number of esters is 1. The quantitative estimate of drug-likeness (QED) is 0.206. The number of nitrogens with zero attached hydrogens (tertiary/aromatic N) is 3. The van der Waals surface area contributed by atoms with E-state index in [0.29, 0.717) is 44.5 Å². The van der Waals surface area contributed by atoms with Crippen LogP contribution in [0.1, 0.15) is 43.5 Å². The highest BCUT2D eigenvalue weighted by Crippen LogP contribution is 2.32. The smallest absolute Gasteiger partial charge is 0.338 e. The van der Waals surface area contributed by atoms with Crippen LogP contribution in [0.4, 0.5) is 0 Å². The van der Waals surface area contributed by atoms with Crippen LogP contribution in [-0.2, 0) is 16.1 Å². The number of rotatable bonds is 8. The third-order valence-corrected chi connectivity index (χ3v) is 8.59. The van der Waals surface area contributed by atoms with E-state index in [2.05, 4.69) is 22.9 Å². The summed E-state index contributed by atoms with van der Waals surface area (Å²) in [4.78, 5) is 32.6. The number of hydrogen-bond acceptors (Lipinski definition) is 6. The molecule has 0 saturated carbocycles. The lowest BCUT2D eigenvalue weighted by molar-refractivity contribution is -0.139. The monoisotopic (exact) mass is 611 g/mol. The summed E-state index contributed by atoms with van der Waals surface area (Å²) in [6.45, 7) is 6.86. The molecule has 0 unspecified atom stereocenters. The van der Waals surface area contributed by atoms with Crippen LogP contribution in [0.5, 0.6) is 5.75 Å². The summed E-state index contributed by atoms with van der Waals surface area (Å²) in [5, 5.41) is 1.72. The van der Waals surface area contributed by atoms with Crippen molar-refractivity contribution in [2.24, 2.45) is 4.99 Å². The Morgan fingerprint density at radius 3 is 2.58 bits per heavy atom. The average molecular weight is 612 g/mol. The molecule has 1 aliphatic heterocycles. The summed E-state index contributed by atoms with van der Waals surface area (Å²) >= 11 is 7.56. The Labute approximate surface area is 257 Å². The van der Waals surface area contributed by atoms with Crippen molar-refractivity contribution in [1.82, 2.24) is 9.13 Å². The fourth-order valence-electron chi connectivity index (χ4n) is 5.51. The molecule has 218 valence electrons. The second-order valence-electron chi connectivity index (χ2n) is 10.2. The number of benzene rings is 3. The first-order valence-corrected chi connectivity index (χ1v) is 15.3. The lowest BCUT2D eigenvalue weighted by Crippen LogP contribution is -2.39. The Morgan fingerprint density at radius 2 is 1.84 bits per heavy atom. The molecule has 5 aromatic rings. The fraction of sp³-hybridized carbons (Fsp3) is 0.206. The number of allylic oxidation sites excluding steroid dienone is 1. The summed E-state index contributed by atoms with van der Waals surface area (Å²) in [6, 6.07) is 22.7. The molecule has 0 fully saturated rings. The molecule has 0 saturated heterocycles. The van der Waals surface area contributed by atoms with E-state index in [0.717, 1.165) is 27.6 Å². The molecule has 0 N–H and O–H groups in total. The van der Waals surface area contributed by atoms with Crippen molar-refractivity contribution >= 4 is 45.9 Å². The molecule has 0 amide bonds. The molecule has 3 aromatic carbocycles. The molecular formula is C34H30ClN3O4S. The van der Waals surface area contributed by atoms with Crippen molar-refractivity contribution in [3.05, 3.63) is 132 Å². The van der Waals surface area contributed by atoms with Crippen LogP contribution in [0.2, 0.25) is 5.02 Å². The van der Waals surface area contributed by atoms with Crippen molar-refractivity contribution in [1.29, 1.82) is 0 Å². The predicted molar refractivity (Wildman–Crippen MR) is 171 cm³/mol. The molecule has 0 radical (unpaired) electrons. The summed E-state index contributed by atoms with van der Waals surface area (Å²) in [5.74, 6) is 0.229. The second kappa shape index (κ2) is 12.1. The molecule has 7 nitrogen and oxygen atoms in total. The molecule has 0 aliphatic carbocycles. The largest absolute Gasteiger partial charge is 0.494 e. The van der Waals surface area contributed by atoms with Crippen molar-refractivity contribution in [2.45, 2.75) is 33.4 Å². The van der Waals surface area contributed by atoms with Gasteiger partial charge in [-0.15, -0.1) is 0 Å². The van der Waals surface area contributed by atoms with Crippen molar-refractivity contribution in [3.8, 4) is 5.75 Å². The van der Waals surface area contributed by atoms with Crippen LogP contribution >= 0.6 is 22.9 Å². The van der Waals surface area contributed by atoms with Gasteiger partial charge in [-0.2, -0.15) is 0 Å². The van der Waals surface area contributed by atoms with E-state index in [1.165, 1.54) is 11.3 Å². The van der Waals surface area contributed by atoms with Crippen LogP contribution in [0, 0.1) is 0 Å². The number of carbonyl (C=O) groups is 1.